The van der Waals surface area contributed by atoms with Crippen LogP contribution in [0.2, 0.25) is 0 Å². The predicted octanol–water partition coefficient (Wildman–Crippen LogP) is 2.90. The summed E-state index contributed by atoms with van der Waals surface area (Å²) in [6.45, 7) is 3.25. The van der Waals surface area contributed by atoms with Crippen LogP contribution in [0.25, 0.3) is 0 Å². The van der Waals surface area contributed by atoms with E-state index in [0.29, 0.717) is 25.9 Å². The van der Waals surface area contributed by atoms with Crippen LogP contribution < -0.4 is 10.6 Å². The molecular weight excluding hydrogens is 264 g/mol. The average Bonchev–Trinajstić information content (AvgIpc) is 3.00. The van der Waals surface area contributed by atoms with Crippen molar-refractivity contribution < 1.29 is 9.21 Å². The second kappa shape index (κ2) is 7.64. The Morgan fingerprint density at radius 2 is 2.05 bits per heavy atom. The van der Waals surface area contributed by atoms with Crippen molar-refractivity contribution in [2.24, 2.45) is 5.73 Å². The molecule has 112 valence electrons. The van der Waals surface area contributed by atoms with E-state index in [1.807, 2.05) is 48.2 Å². The molecule has 0 spiro atoms. The van der Waals surface area contributed by atoms with Crippen molar-refractivity contribution in [1.29, 1.82) is 0 Å². The molecule has 2 aromatic rings. The summed E-state index contributed by atoms with van der Waals surface area (Å²) in [6.07, 6.45) is 3.48. The van der Waals surface area contributed by atoms with Gasteiger partial charge >= 0.3 is 0 Å². The van der Waals surface area contributed by atoms with E-state index in [2.05, 4.69) is 0 Å². The van der Waals surface area contributed by atoms with Gasteiger partial charge in [-0.05, 0) is 43.7 Å². The molecule has 1 aromatic carbocycles. The fourth-order valence-corrected chi connectivity index (χ4v) is 2.32. The van der Waals surface area contributed by atoms with Crippen LogP contribution in [0, 0.1) is 6.92 Å². The molecule has 1 aromatic heterocycles. The number of benzene rings is 1. The first-order valence-corrected chi connectivity index (χ1v) is 7.31. The van der Waals surface area contributed by atoms with Gasteiger partial charge in [0, 0.05) is 25.1 Å². The van der Waals surface area contributed by atoms with Crippen molar-refractivity contribution in [3.8, 4) is 0 Å². The highest BCUT2D eigenvalue weighted by atomic mass is 16.3. The van der Waals surface area contributed by atoms with Gasteiger partial charge in [-0.15, -0.1) is 0 Å². The van der Waals surface area contributed by atoms with Crippen LogP contribution in [-0.4, -0.2) is 19.0 Å². The van der Waals surface area contributed by atoms with Gasteiger partial charge in [-0.1, -0.05) is 18.2 Å². The Hall–Kier alpha value is -2.07. The third-order valence-corrected chi connectivity index (χ3v) is 3.46. The van der Waals surface area contributed by atoms with Crippen molar-refractivity contribution in [2.75, 3.05) is 18.0 Å². The van der Waals surface area contributed by atoms with E-state index in [1.165, 1.54) is 0 Å². The molecule has 1 amide bonds. The summed E-state index contributed by atoms with van der Waals surface area (Å²) in [5, 5.41) is 0. The number of hydrogen-bond donors (Lipinski definition) is 1. The van der Waals surface area contributed by atoms with Crippen LogP contribution in [0.1, 0.15) is 24.2 Å². The quantitative estimate of drug-likeness (QED) is 0.851. The Kier molecular flexibility index (Phi) is 5.58. The Balaban J connectivity index is 2.08. The summed E-state index contributed by atoms with van der Waals surface area (Å²) in [6, 6.07) is 11.7. The number of nitrogens with two attached hydrogens (primary N) is 1. The number of nitrogens with zero attached hydrogens (tertiary/aromatic N) is 1. The minimum absolute atomic E-state index is 0.106. The van der Waals surface area contributed by atoms with Gasteiger partial charge in [-0.25, -0.2) is 0 Å². The number of amides is 1. The SMILES string of the molecule is Cc1ccccc1N(CCCN)C(=O)CCc1ccco1. The van der Waals surface area contributed by atoms with Crippen LogP contribution in [0.15, 0.2) is 47.1 Å². The largest absolute Gasteiger partial charge is 0.469 e. The van der Waals surface area contributed by atoms with Crippen molar-refractivity contribution in [3.63, 3.8) is 0 Å². The van der Waals surface area contributed by atoms with Gasteiger partial charge in [0.25, 0.3) is 0 Å². The molecule has 2 rings (SSSR count). The molecule has 0 radical (unpaired) electrons. The second-order valence-corrected chi connectivity index (χ2v) is 5.05. The van der Waals surface area contributed by atoms with Crippen LogP contribution in [-0.2, 0) is 11.2 Å². The van der Waals surface area contributed by atoms with Crippen molar-refractivity contribution in [1.82, 2.24) is 0 Å². The smallest absolute Gasteiger partial charge is 0.227 e. The monoisotopic (exact) mass is 286 g/mol. The third kappa shape index (κ3) is 4.20. The molecule has 0 aliphatic rings. The number of para-hydroxylation sites is 1. The zero-order chi connectivity index (χ0) is 15.1. The number of anilines is 1. The summed E-state index contributed by atoms with van der Waals surface area (Å²) in [4.78, 5) is 14.4. The van der Waals surface area contributed by atoms with Crippen LogP contribution >= 0.6 is 0 Å². The maximum absolute atomic E-state index is 12.5. The lowest BCUT2D eigenvalue weighted by Gasteiger charge is -2.24. The zero-order valence-electron chi connectivity index (χ0n) is 12.4. The fraction of sp³-hybridized carbons (Fsp3) is 0.353. The van der Waals surface area contributed by atoms with Crippen molar-refractivity contribution in [2.45, 2.75) is 26.2 Å². The summed E-state index contributed by atoms with van der Waals surface area (Å²) >= 11 is 0. The van der Waals surface area contributed by atoms with E-state index in [0.717, 1.165) is 23.4 Å². The molecule has 4 nitrogen and oxygen atoms in total. The lowest BCUT2D eigenvalue weighted by molar-refractivity contribution is -0.118. The molecule has 0 aliphatic carbocycles. The summed E-state index contributed by atoms with van der Waals surface area (Å²) in [7, 11) is 0. The number of hydrogen-bond acceptors (Lipinski definition) is 3. The molecule has 0 atom stereocenters. The maximum atomic E-state index is 12.5. The van der Waals surface area contributed by atoms with Gasteiger partial charge in [0.15, 0.2) is 0 Å². The molecule has 0 fully saturated rings. The molecular formula is C17H22N2O2. The number of carbonyl (C=O) groups excluding carboxylic acids is 1. The lowest BCUT2D eigenvalue weighted by atomic mass is 10.1. The molecule has 4 heteroatoms. The van der Waals surface area contributed by atoms with Gasteiger partial charge in [0.2, 0.25) is 5.91 Å². The summed E-state index contributed by atoms with van der Waals surface area (Å²) < 4.78 is 5.28. The van der Waals surface area contributed by atoms with E-state index in [4.69, 9.17) is 10.2 Å². The fourth-order valence-electron chi connectivity index (χ4n) is 2.32. The highest BCUT2D eigenvalue weighted by molar-refractivity contribution is 5.94. The lowest BCUT2D eigenvalue weighted by Crippen LogP contribution is -2.33. The van der Waals surface area contributed by atoms with E-state index in [-0.39, 0.29) is 5.91 Å². The zero-order valence-corrected chi connectivity index (χ0v) is 12.4. The van der Waals surface area contributed by atoms with E-state index in [9.17, 15) is 4.79 Å². The van der Waals surface area contributed by atoms with Gasteiger partial charge in [-0.3, -0.25) is 4.79 Å². The van der Waals surface area contributed by atoms with Crippen molar-refractivity contribution >= 4 is 11.6 Å². The van der Waals surface area contributed by atoms with E-state index < -0.39 is 0 Å². The molecule has 0 aliphatic heterocycles. The maximum Gasteiger partial charge on any atom is 0.227 e. The molecule has 2 N–H and O–H groups in total. The Bertz CT molecular complexity index is 564. The van der Waals surface area contributed by atoms with Crippen LogP contribution in [0.4, 0.5) is 5.69 Å². The minimum Gasteiger partial charge on any atom is -0.469 e. The first kappa shape index (κ1) is 15.3. The first-order chi connectivity index (χ1) is 10.2. The Morgan fingerprint density at radius 3 is 2.71 bits per heavy atom. The van der Waals surface area contributed by atoms with Gasteiger partial charge < -0.3 is 15.1 Å². The number of carbonyl (C=O) groups is 1. The first-order valence-electron chi connectivity index (χ1n) is 7.31. The molecule has 0 unspecified atom stereocenters. The molecule has 0 saturated carbocycles. The Labute approximate surface area is 125 Å². The second-order valence-electron chi connectivity index (χ2n) is 5.05. The van der Waals surface area contributed by atoms with Crippen molar-refractivity contribution in [3.05, 3.63) is 54.0 Å². The number of aryl methyl sites for hydroxylation is 2. The summed E-state index contributed by atoms with van der Waals surface area (Å²) in [5.41, 5.74) is 7.66. The molecule has 0 saturated heterocycles. The molecule has 21 heavy (non-hydrogen) atoms. The van der Waals surface area contributed by atoms with Crippen LogP contribution in [0.5, 0.6) is 0 Å². The van der Waals surface area contributed by atoms with E-state index >= 15 is 0 Å². The highest BCUT2D eigenvalue weighted by Gasteiger charge is 2.17. The minimum atomic E-state index is 0.106. The highest BCUT2D eigenvalue weighted by Crippen LogP contribution is 2.21. The standard InChI is InChI=1S/C17H22N2O2/c1-14-6-2-3-8-16(14)19(12-5-11-18)17(20)10-9-15-7-4-13-21-15/h2-4,6-8,13H,5,9-12,18H2,1H3. The predicted molar refractivity (Wildman–Crippen MR) is 84.2 cm³/mol. The topological polar surface area (TPSA) is 59.5 Å². The normalized spacial score (nSPS) is 10.6. The van der Waals surface area contributed by atoms with Gasteiger partial charge in [0.1, 0.15) is 5.76 Å². The summed E-state index contributed by atoms with van der Waals surface area (Å²) in [5.74, 6) is 0.945. The van der Waals surface area contributed by atoms with Crippen LogP contribution in [0.3, 0.4) is 0 Å². The third-order valence-electron chi connectivity index (χ3n) is 3.46. The molecule has 0 bridgehead atoms. The van der Waals surface area contributed by atoms with E-state index in [1.54, 1.807) is 6.26 Å². The number of rotatable bonds is 7. The average molecular weight is 286 g/mol. The van der Waals surface area contributed by atoms with Gasteiger partial charge in [0.05, 0.1) is 6.26 Å². The van der Waals surface area contributed by atoms with Gasteiger partial charge in [-0.2, -0.15) is 0 Å². The molecule has 1 heterocycles. The number of furan rings is 1. The Morgan fingerprint density at radius 1 is 1.24 bits per heavy atom.